The number of ether oxygens (including phenoxy) is 1. The molecule has 0 radical (unpaired) electrons. The Morgan fingerprint density at radius 1 is 1.79 bits per heavy atom. The minimum Gasteiger partial charge on any atom is -0.466 e. The molecule has 0 fully saturated rings. The topological polar surface area (TPSA) is 59.7 Å². The lowest BCUT2D eigenvalue weighted by Gasteiger charge is -2.17. The molecule has 1 rings (SSSR count). The van der Waals surface area contributed by atoms with Crippen LogP contribution in [0.4, 0.5) is 0 Å². The van der Waals surface area contributed by atoms with Crippen LogP contribution in [0.5, 0.6) is 0 Å². The van der Waals surface area contributed by atoms with Crippen molar-refractivity contribution in [2.24, 2.45) is 0 Å². The highest BCUT2D eigenvalue weighted by Crippen LogP contribution is 2.20. The van der Waals surface area contributed by atoms with Gasteiger partial charge in [0.15, 0.2) is 12.2 Å². The van der Waals surface area contributed by atoms with E-state index in [4.69, 9.17) is 9.15 Å². The van der Waals surface area contributed by atoms with Crippen LogP contribution in [0.2, 0.25) is 0 Å². The summed E-state index contributed by atoms with van der Waals surface area (Å²) < 4.78 is 9.79. The van der Waals surface area contributed by atoms with Gasteiger partial charge in [-0.1, -0.05) is 6.58 Å². The maximum absolute atomic E-state index is 10.7. The lowest BCUT2D eigenvalue weighted by Crippen LogP contribution is -2.21. The van der Waals surface area contributed by atoms with Crippen LogP contribution in [0.3, 0.4) is 0 Å². The van der Waals surface area contributed by atoms with Crippen LogP contribution in [0.15, 0.2) is 35.5 Å². The first-order chi connectivity index (χ1) is 6.65. The Hall–Kier alpha value is -1.55. The van der Waals surface area contributed by atoms with Crippen LogP contribution in [0.1, 0.15) is 18.8 Å². The maximum atomic E-state index is 10.7. The molecular weight excluding hydrogens is 184 g/mol. The highest BCUT2D eigenvalue weighted by Gasteiger charge is 2.22. The second-order valence-electron chi connectivity index (χ2n) is 2.77. The van der Waals surface area contributed by atoms with Gasteiger partial charge in [0.1, 0.15) is 5.76 Å². The number of carbonyl (C=O) groups is 1. The SMILES string of the molecule is C=C[C@@H](OC(C)=O)[C@H](O)c1ccco1. The molecule has 76 valence electrons. The largest absolute Gasteiger partial charge is 0.466 e. The van der Waals surface area contributed by atoms with Crippen molar-refractivity contribution in [1.29, 1.82) is 0 Å². The molecule has 1 aromatic rings. The van der Waals surface area contributed by atoms with Crippen LogP contribution in [0, 0.1) is 0 Å². The van der Waals surface area contributed by atoms with Gasteiger partial charge in [-0.2, -0.15) is 0 Å². The molecule has 0 aliphatic rings. The van der Waals surface area contributed by atoms with Crippen molar-refractivity contribution in [1.82, 2.24) is 0 Å². The predicted octanol–water partition coefficient (Wildman–Crippen LogP) is 1.43. The Morgan fingerprint density at radius 2 is 2.50 bits per heavy atom. The van der Waals surface area contributed by atoms with Gasteiger partial charge in [0.25, 0.3) is 0 Å². The number of hydrogen-bond donors (Lipinski definition) is 1. The molecule has 1 heterocycles. The summed E-state index contributed by atoms with van der Waals surface area (Å²) in [6.07, 6.45) is 1.01. The summed E-state index contributed by atoms with van der Waals surface area (Å²) in [5, 5.41) is 9.68. The second kappa shape index (κ2) is 4.62. The van der Waals surface area contributed by atoms with Crippen molar-refractivity contribution < 1.29 is 19.1 Å². The fourth-order valence-corrected chi connectivity index (χ4v) is 1.05. The molecule has 1 N–H and O–H groups in total. The van der Waals surface area contributed by atoms with Crippen molar-refractivity contribution in [3.8, 4) is 0 Å². The molecule has 2 atom stereocenters. The number of rotatable bonds is 4. The van der Waals surface area contributed by atoms with E-state index < -0.39 is 18.2 Å². The molecule has 0 spiro atoms. The lowest BCUT2D eigenvalue weighted by molar-refractivity contribution is -0.149. The Labute approximate surface area is 81.8 Å². The quantitative estimate of drug-likeness (QED) is 0.584. The van der Waals surface area contributed by atoms with Crippen LogP contribution >= 0.6 is 0 Å². The van der Waals surface area contributed by atoms with E-state index in [2.05, 4.69) is 6.58 Å². The lowest BCUT2D eigenvalue weighted by atomic mass is 10.1. The van der Waals surface area contributed by atoms with Crippen LogP contribution in [-0.2, 0) is 9.53 Å². The van der Waals surface area contributed by atoms with E-state index in [0.717, 1.165) is 0 Å². The Bertz CT molecular complexity index is 302. The summed E-state index contributed by atoms with van der Waals surface area (Å²) in [5.74, 6) is -0.128. The number of carbonyl (C=O) groups excluding carboxylic acids is 1. The minimum atomic E-state index is -1.01. The van der Waals surface area contributed by atoms with Gasteiger partial charge in [0.05, 0.1) is 6.26 Å². The first-order valence-corrected chi connectivity index (χ1v) is 4.16. The van der Waals surface area contributed by atoms with Crippen molar-refractivity contribution in [2.75, 3.05) is 0 Å². The maximum Gasteiger partial charge on any atom is 0.303 e. The van der Waals surface area contributed by atoms with Gasteiger partial charge in [0, 0.05) is 6.92 Å². The Morgan fingerprint density at radius 3 is 2.93 bits per heavy atom. The van der Waals surface area contributed by atoms with Crippen LogP contribution in [0.25, 0.3) is 0 Å². The zero-order valence-corrected chi connectivity index (χ0v) is 7.84. The summed E-state index contributed by atoms with van der Waals surface area (Å²) in [6, 6.07) is 3.25. The molecule has 0 saturated heterocycles. The third-order valence-electron chi connectivity index (χ3n) is 1.68. The number of aliphatic hydroxyl groups excluding tert-OH is 1. The van der Waals surface area contributed by atoms with Gasteiger partial charge in [-0.05, 0) is 18.2 Å². The molecule has 0 aromatic carbocycles. The van der Waals surface area contributed by atoms with Crippen molar-refractivity contribution in [3.63, 3.8) is 0 Å². The van der Waals surface area contributed by atoms with Crippen molar-refractivity contribution in [2.45, 2.75) is 19.1 Å². The van der Waals surface area contributed by atoms with Crippen LogP contribution < -0.4 is 0 Å². The van der Waals surface area contributed by atoms with E-state index >= 15 is 0 Å². The van der Waals surface area contributed by atoms with Gasteiger partial charge in [-0.3, -0.25) is 4.79 Å². The van der Waals surface area contributed by atoms with Crippen LogP contribution in [-0.4, -0.2) is 17.2 Å². The first kappa shape index (κ1) is 10.5. The molecular formula is C10H12O4. The number of hydrogen-bond acceptors (Lipinski definition) is 4. The van der Waals surface area contributed by atoms with E-state index in [0.29, 0.717) is 5.76 Å². The monoisotopic (exact) mass is 196 g/mol. The number of aliphatic hydroxyl groups is 1. The Kier molecular flexibility index (Phi) is 3.48. The van der Waals surface area contributed by atoms with E-state index in [-0.39, 0.29) is 0 Å². The highest BCUT2D eigenvalue weighted by atomic mass is 16.6. The fraction of sp³-hybridized carbons (Fsp3) is 0.300. The van der Waals surface area contributed by atoms with Crippen molar-refractivity contribution in [3.05, 3.63) is 36.8 Å². The molecule has 0 unspecified atom stereocenters. The molecule has 0 amide bonds. The summed E-state index contributed by atoms with van der Waals surface area (Å²) >= 11 is 0. The minimum absolute atomic E-state index is 0.344. The summed E-state index contributed by atoms with van der Waals surface area (Å²) in [7, 11) is 0. The van der Waals surface area contributed by atoms with Gasteiger partial charge in [-0.15, -0.1) is 0 Å². The molecule has 0 bridgehead atoms. The predicted molar refractivity (Wildman–Crippen MR) is 49.4 cm³/mol. The molecule has 1 aromatic heterocycles. The normalized spacial score (nSPS) is 14.4. The molecule has 0 aliphatic heterocycles. The van der Waals surface area contributed by atoms with Gasteiger partial charge < -0.3 is 14.3 Å². The standard InChI is InChI=1S/C10H12O4/c1-3-8(14-7(2)11)10(12)9-5-4-6-13-9/h3-6,8,10,12H,1H2,2H3/t8-,10+/m1/s1. The Balaban J connectivity index is 2.70. The number of furan rings is 1. The first-order valence-electron chi connectivity index (χ1n) is 4.16. The second-order valence-corrected chi connectivity index (χ2v) is 2.77. The summed E-state index contributed by atoms with van der Waals surface area (Å²) in [5.41, 5.74) is 0. The molecule has 0 saturated carbocycles. The molecule has 4 nitrogen and oxygen atoms in total. The van der Waals surface area contributed by atoms with Gasteiger partial charge in [-0.25, -0.2) is 0 Å². The van der Waals surface area contributed by atoms with E-state index in [1.807, 2.05) is 0 Å². The molecule has 4 heteroatoms. The summed E-state index contributed by atoms with van der Waals surface area (Å²) in [4.78, 5) is 10.7. The zero-order valence-electron chi connectivity index (χ0n) is 7.84. The van der Waals surface area contributed by atoms with Crippen molar-refractivity contribution >= 4 is 5.97 Å². The highest BCUT2D eigenvalue weighted by molar-refractivity contribution is 5.66. The average molecular weight is 196 g/mol. The van der Waals surface area contributed by atoms with E-state index in [1.165, 1.54) is 19.3 Å². The molecule has 14 heavy (non-hydrogen) atoms. The van der Waals surface area contributed by atoms with Gasteiger partial charge >= 0.3 is 5.97 Å². The number of esters is 1. The van der Waals surface area contributed by atoms with E-state index in [1.54, 1.807) is 12.1 Å². The fourth-order valence-electron chi connectivity index (χ4n) is 1.05. The third-order valence-corrected chi connectivity index (χ3v) is 1.68. The van der Waals surface area contributed by atoms with Gasteiger partial charge in [0.2, 0.25) is 0 Å². The van der Waals surface area contributed by atoms with E-state index in [9.17, 15) is 9.90 Å². The average Bonchev–Trinajstić information content (AvgIpc) is 2.65. The zero-order chi connectivity index (χ0) is 10.6. The smallest absolute Gasteiger partial charge is 0.303 e. The summed E-state index contributed by atoms with van der Waals surface area (Å²) in [6.45, 7) is 4.74. The molecule has 0 aliphatic carbocycles. The third kappa shape index (κ3) is 2.47.